The van der Waals surface area contributed by atoms with E-state index in [9.17, 15) is 19.8 Å². The van der Waals surface area contributed by atoms with Crippen molar-refractivity contribution >= 4 is 11.9 Å². The van der Waals surface area contributed by atoms with E-state index in [4.69, 9.17) is 4.74 Å². The number of esters is 1. The first kappa shape index (κ1) is 52.1. The molecular formula is C48H89NO5. The Hall–Kier alpha value is -1.92. The summed E-state index contributed by atoms with van der Waals surface area (Å²) in [6.07, 6.45) is 51.3. The molecule has 0 radical (unpaired) electrons. The molecule has 0 saturated heterocycles. The van der Waals surface area contributed by atoms with E-state index in [-0.39, 0.29) is 18.5 Å². The predicted molar refractivity (Wildman–Crippen MR) is 232 cm³/mol. The van der Waals surface area contributed by atoms with Gasteiger partial charge in [0.05, 0.1) is 25.4 Å². The van der Waals surface area contributed by atoms with Gasteiger partial charge in [-0.2, -0.15) is 0 Å². The molecule has 0 heterocycles. The van der Waals surface area contributed by atoms with Crippen LogP contribution in [0.25, 0.3) is 0 Å². The number of amides is 1. The fourth-order valence-corrected chi connectivity index (χ4v) is 6.74. The molecule has 0 rings (SSSR count). The number of unbranched alkanes of at least 4 members (excludes halogenated alkanes) is 27. The molecule has 0 aliphatic carbocycles. The molecule has 2 atom stereocenters. The highest BCUT2D eigenvalue weighted by Crippen LogP contribution is 2.14. The van der Waals surface area contributed by atoms with E-state index in [1.807, 2.05) is 6.08 Å². The lowest BCUT2D eigenvalue weighted by atomic mass is 10.0. The Kier molecular flexibility index (Phi) is 42.2. The minimum Gasteiger partial charge on any atom is -0.466 e. The maximum atomic E-state index is 12.4. The second kappa shape index (κ2) is 43.8. The van der Waals surface area contributed by atoms with Crippen molar-refractivity contribution < 1.29 is 24.5 Å². The molecule has 0 aromatic carbocycles. The maximum absolute atomic E-state index is 12.4. The normalized spacial score (nSPS) is 13.0. The highest BCUT2D eigenvalue weighted by molar-refractivity contribution is 5.76. The number of aliphatic hydroxyl groups excluding tert-OH is 2. The molecule has 0 fully saturated rings. The van der Waals surface area contributed by atoms with Crippen LogP contribution >= 0.6 is 0 Å². The molecule has 1 amide bonds. The van der Waals surface area contributed by atoms with Crippen LogP contribution in [0.5, 0.6) is 0 Å². The second-order valence-electron chi connectivity index (χ2n) is 15.7. The lowest BCUT2D eigenvalue weighted by Gasteiger charge is -2.20. The zero-order valence-corrected chi connectivity index (χ0v) is 35.7. The molecule has 3 N–H and O–H groups in total. The number of allylic oxidation sites excluding steroid dienone is 5. The molecule has 6 heteroatoms. The van der Waals surface area contributed by atoms with E-state index in [0.717, 1.165) is 77.0 Å². The molecule has 0 aromatic rings. The van der Waals surface area contributed by atoms with Gasteiger partial charge in [-0.3, -0.25) is 9.59 Å². The van der Waals surface area contributed by atoms with Gasteiger partial charge in [0.1, 0.15) is 0 Å². The van der Waals surface area contributed by atoms with Crippen LogP contribution in [0.2, 0.25) is 0 Å². The van der Waals surface area contributed by atoms with Crippen molar-refractivity contribution in [2.24, 2.45) is 0 Å². The van der Waals surface area contributed by atoms with Crippen molar-refractivity contribution in [3.8, 4) is 0 Å². The summed E-state index contributed by atoms with van der Waals surface area (Å²) >= 11 is 0. The summed E-state index contributed by atoms with van der Waals surface area (Å²) in [6.45, 7) is 4.77. The van der Waals surface area contributed by atoms with Crippen molar-refractivity contribution in [1.82, 2.24) is 5.32 Å². The summed E-state index contributed by atoms with van der Waals surface area (Å²) < 4.78 is 5.40. The maximum Gasteiger partial charge on any atom is 0.305 e. The topological polar surface area (TPSA) is 95.9 Å². The van der Waals surface area contributed by atoms with Crippen molar-refractivity contribution in [1.29, 1.82) is 0 Å². The van der Waals surface area contributed by atoms with Crippen molar-refractivity contribution in [2.75, 3.05) is 13.2 Å². The number of rotatable bonds is 42. The van der Waals surface area contributed by atoms with Gasteiger partial charge in [0.25, 0.3) is 0 Å². The lowest BCUT2D eigenvalue weighted by molar-refractivity contribution is -0.143. The van der Waals surface area contributed by atoms with Gasteiger partial charge in [0, 0.05) is 12.8 Å². The molecule has 0 aromatic heterocycles. The summed E-state index contributed by atoms with van der Waals surface area (Å²) in [7, 11) is 0. The molecule has 54 heavy (non-hydrogen) atoms. The van der Waals surface area contributed by atoms with Gasteiger partial charge in [0.15, 0.2) is 0 Å². The zero-order valence-electron chi connectivity index (χ0n) is 35.7. The highest BCUT2D eigenvalue weighted by Gasteiger charge is 2.18. The summed E-state index contributed by atoms with van der Waals surface area (Å²) in [6, 6.07) is -0.653. The quantitative estimate of drug-likeness (QED) is 0.0327. The molecule has 0 bridgehead atoms. The Labute approximate surface area is 334 Å². The average molecular weight is 760 g/mol. The Morgan fingerprint density at radius 3 is 1.35 bits per heavy atom. The number of ether oxygens (including phenoxy) is 1. The Bertz CT molecular complexity index is 884. The third-order valence-electron chi connectivity index (χ3n) is 10.4. The molecule has 6 nitrogen and oxygen atoms in total. The van der Waals surface area contributed by atoms with Crippen LogP contribution < -0.4 is 5.32 Å². The fraction of sp³-hybridized carbons (Fsp3) is 0.833. The zero-order chi connectivity index (χ0) is 39.4. The smallest absolute Gasteiger partial charge is 0.305 e. The molecule has 0 spiro atoms. The SMILES string of the molecule is CCCCC/C=C\CCCCCCCC(=O)OCCCC/C=C\CCCCCCC(=O)NC(CO)C(O)/C=C/CCCCCCCCCCCCCCC. The van der Waals surface area contributed by atoms with E-state index < -0.39 is 12.1 Å². The van der Waals surface area contributed by atoms with Gasteiger partial charge in [0.2, 0.25) is 5.91 Å². The summed E-state index contributed by atoms with van der Waals surface area (Å²) in [5.41, 5.74) is 0. The number of hydrogen-bond acceptors (Lipinski definition) is 5. The lowest BCUT2D eigenvalue weighted by Crippen LogP contribution is -2.45. The van der Waals surface area contributed by atoms with Crippen LogP contribution in [0.15, 0.2) is 36.5 Å². The Morgan fingerprint density at radius 1 is 0.500 bits per heavy atom. The van der Waals surface area contributed by atoms with E-state index >= 15 is 0 Å². The number of nitrogens with one attached hydrogen (secondary N) is 1. The number of aliphatic hydroxyl groups is 2. The summed E-state index contributed by atoms with van der Waals surface area (Å²) in [5, 5.41) is 23.0. The van der Waals surface area contributed by atoms with Gasteiger partial charge in [-0.05, 0) is 83.5 Å². The first-order valence-corrected chi connectivity index (χ1v) is 23.3. The van der Waals surface area contributed by atoms with Crippen molar-refractivity contribution in [3.63, 3.8) is 0 Å². The van der Waals surface area contributed by atoms with Crippen LogP contribution in [0.1, 0.15) is 232 Å². The van der Waals surface area contributed by atoms with E-state index in [0.29, 0.717) is 19.4 Å². The van der Waals surface area contributed by atoms with Gasteiger partial charge in [-0.1, -0.05) is 172 Å². The first-order valence-electron chi connectivity index (χ1n) is 23.3. The van der Waals surface area contributed by atoms with E-state index in [2.05, 4.69) is 43.5 Å². The second-order valence-corrected chi connectivity index (χ2v) is 15.7. The van der Waals surface area contributed by atoms with Gasteiger partial charge in [-0.25, -0.2) is 0 Å². The fourth-order valence-electron chi connectivity index (χ4n) is 6.74. The predicted octanol–water partition coefficient (Wildman–Crippen LogP) is 13.3. The Balaban J connectivity index is 3.60. The molecule has 2 unspecified atom stereocenters. The first-order chi connectivity index (χ1) is 26.5. The standard InChI is InChI=1S/C48H89NO5/c1-3-5-7-9-11-13-15-17-18-19-20-24-28-32-36-40-46(51)45(44-50)49-47(52)41-37-33-29-25-22-23-27-31-35-39-43-54-48(53)42-38-34-30-26-21-16-14-12-10-8-6-4-2/h12,14,23,27,36,40,45-46,50-51H,3-11,13,15-22,24-26,28-35,37-39,41-44H2,1-2H3,(H,49,52)/b14-12-,27-23-,40-36+. The van der Waals surface area contributed by atoms with E-state index in [1.54, 1.807) is 6.08 Å². The third kappa shape index (κ3) is 39.8. The van der Waals surface area contributed by atoms with Crippen molar-refractivity contribution in [3.05, 3.63) is 36.5 Å². The summed E-state index contributed by atoms with van der Waals surface area (Å²) in [4.78, 5) is 24.3. The van der Waals surface area contributed by atoms with Crippen LogP contribution in [0, 0.1) is 0 Å². The van der Waals surface area contributed by atoms with Gasteiger partial charge in [-0.15, -0.1) is 0 Å². The molecule has 0 aliphatic rings. The van der Waals surface area contributed by atoms with Crippen LogP contribution in [-0.4, -0.2) is 47.4 Å². The molecule has 316 valence electrons. The van der Waals surface area contributed by atoms with Crippen LogP contribution in [-0.2, 0) is 14.3 Å². The summed E-state index contributed by atoms with van der Waals surface area (Å²) in [5.74, 6) is -0.155. The van der Waals surface area contributed by atoms with Gasteiger partial charge < -0.3 is 20.3 Å². The average Bonchev–Trinajstić information content (AvgIpc) is 3.17. The number of hydrogen-bond donors (Lipinski definition) is 3. The minimum absolute atomic E-state index is 0.0495. The largest absolute Gasteiger partial charge is 0.466 e. The van der Waals surface area contributed by atoms with E-state index in [1.165, 1.54) is 128 Å². The van der Waals surface area contributed by atoms with Crippen molar-refractivity contribution in [2.45, 2.75) is 244 Å². The number of carbonyl (C=O) groups is 2. The van der Waals surface area contributed by atoms with Crippen LogP contribution in [0.3, 0.4) is 0 Å². The monoisotopic (exact) mass is 760 g/mol. The highest BCUT2D eigenvalue weighted by atomic mass is 16.5. The Morgan fingerprint density at radius 2 is 0.870 bits per heavy atom. The van der Waals surface area contributed by atoms with Crippen LogP contribution in [0.4, 0.5) is 0 Å². The molecular weight excluding hydrogens is 671 g/mol. The number of carbonyl (C=O) groups excluding carboxylic acids is 2. The minimum atomic E-state index is -0.866. The van der Waals surface area contributed by atoms with Gasteiger partial charge >= 0.3 is 5.97 Å². The molecule has 0 saturated carbocycles. The molecule has 0 aliphatic heterocycles. The third-order valence-corrected chi connectivity index (χ3v) is 10.4.